The lowest BCUT2D eigenvalue weighted by molar-refractivity contribution is -0.116. The minimum absolute atomic E-state index is 0.122. The fraction of sp³-hybridized carbons (Fsp3) is 0.364. The van der Waals surface area contributed by atoms with E-state index in [2.05, 4.69) is 4.98 Å². The molecule has 0 aliphatic rings. The third-order valence-electron chi connectivity index (χ3n) is 4.90. The lowest BCUT2D eigenvalue weighted by atomic mass is 10.2. The SMILES string of the molecule is COc1ccc(OC)c2sc(N(CCN(C)C)C(=O)CS(=O)(=O)c3ccc(C)cc3)nc12. The number of anilines is 1. The number of carbonyl (C=O) groups is 1. The number of methoxy groups -OCH3 is 2. The van der Waals surface area contributed by atoms with E-state index in [0.29, 0.717) is 35.2 Å². The Morgan fingerprint density at radius 2 is 1.62 bits per heavy atom. The molecule has 1 aromatic heterocycles. The van der Waals surface area contributed by atoms with Crippen LogP contribution in [-0.2, 0) is 14.6 Å². The molecular weight excluding hydrogens is 450 g/mol. The van der Waals surface area contributed by atoms with Crippen molar-refractivity contribution in [1.29, 1.82) is 0 Å². The van der Waals surface area contributed by atoms with Crippen molar-refractivity contribution in [2.45, 2.75) is 11.8 Å². The van der Waals surface area contributed by atoms with Crippen molar-refractivity contribution in [3.8, 4) is 11.5 Å². The van der Waals surface area contributed by atoms with E-state index in [1.807, 2.05) is 25.9 Å². The summed E-state index contributed by atoms with van der Waals surface area (Å²) in [4.78, 5) is 21.3. The van der Waals surface area contributed by atoms with E-state index < -0.39 is 21.5 Å². The van der Waals surface area contributed by atoms with E-state index in [9.17, 15) is 13.2 Å². The molecule has 0 atom stereocenters. The normalized spacial score (nSPS) is 11.7. The van der Waals surface area contributed by atoms with Gasteiger partial charge in [0.1, 0.15) is 27.5 Å². The summed E-state index contributed by atoms with van der Waals surface area (Å²) in [7, 11) is 3.07. The molecule has 0 unspecified atom stereocenters. The Kier molecular flexibility index (Phi) is 7.37. The molecule has 2 aromatic carbocycles. The molecule has 0 saturated heterocycles. The number of sulfone groups is 1. The second kappa shape index (κ2) is 9.85. The molecule has 3 rings (SSSR count). The predicted octanol–water partition coefficient (Wildman–Crippen LogP) is 2.99. The summed E-state index contributed by atoms with van der Waals surface area (Å²) in [5.41, 5.74) is 1.51. The molecule has 0 radical (unpaired) electrons. The number of ether oxygens (including phenoxy) is 2. The number of fused-ring (bicyclic) bond motifs is 1. The zero-order valence-electron chi connectivity index (χ0n) is 18.8. The second-order valence-electron chi connectivity index (χ2n) is 7.57. The standard InChI is InChI=1S/C22H27N3O5S2/c1-15-6-8-16(9-7-15)32(27,28)14-19(26)25(13-12-24(2)3)22-23-20-17(29-4)10-11-18(30-5)21(20)31-22/h6-11H,12-14H2,1-5H3. The van der Waals surface area contributed by atoms with Crippen LogP contribution in [0.15, 0.2) is 41.3 Å². The van der Waals surface area contributed by atoms with Gasteiger partial charge in [-0.05, 0) is 45.3 Å². The van der Waals surface area contributed by atoms with E-state index >= 15 is 0 Å². The Hall–Kier alpha value is -2.69. The number of aryl methyl sites for hydroxylation is 1. The summed E-state index contributed by atoms with van der Waals surface area (Å²) >= 11 is 1.27. The van der Waals surface area contributed by atoms with Crippen molar-refractivity contribution < 1.29 is 22.7 Å². The highest BCUT2D eigenvalue weighted by atomic mass is 32.2. The molecular formula is C22H27N3O5S2. The van der Waals surface area contributed by atoms with E-state index in [1.165, 1.54) is 28.4 Å². The van der Waals surface area contributed by atoms with E-state index in [-0.39, 0.29) is 4.90 Å². The molecule has 0 fully saturated rings. The number of likely N-dealkylation sites (N-methyl/N-ethyl adjacent to an activating group) is 1. The molecule has 8 nitrogen and oxygen atoms in total. The average molecular weight is 478 g/mol. The summed E-state index contributed by atoms with van der Waals surface area (Å²) in [6, 6.07) is 10.0. The molecule has 3 aromatic rings. The van der Waals surface area contributed by atoms with Gasteiger partial charge in [0, 0.05) is 13.1 Å². The first-order valence-electron chi connectivity index (χ1n) is 9.92. The Morgan fingerprint density at radius 3 is 2.22 bits per heavy atom. The van der Waals surface area contributed by atoms with Gasteiger partial charge in [-0.2, -0.15) is 0 Å². The number of amides is 1. The highest BCUT2D eigenvalue weighted by Gasteiger charge is 2.27. The van der Waals surface area contributed by atoms with Gasteiger partial charge in [-0.3, -0.25) is 9.69 Å². The third kappa shape index (κ3) is 5.20. The van der Waals surface area contributed by atoms with Crippen molar-refractivity contribution in [3.63, 3.8) is 0 Å². The smallest absolute Gasteiger partial charge is 0.244 e. The van der Waals surface area contributed by atoms with Gasteiger partial charge in [0.05, 0.1) is 19.1 Å². The van der Waals surface area contributed by atoms with Crippen LogP contribution in [0.25, 0.3) is 10.2 Å². The number of hydrogen-bond acceptors (Lipinski definition) is 8. The van der Waals surface area contributed by atoms with Crippen LogP contribution in [0, 0.1) is 6.92 Å². The summed E-state index contributed by atoms with van der Waals surface area (Å²) < 4.78 is 37.3. The monoisotopic (exact) mass is 477 g/mol. The number of nitrogens with zero attached hydrogens (tertiary/aromatic N) is 3. The highest BCUT2D eigenvalue weighted by Crippen LogP contribution is 2.40. The van der Waals surface area contributed by atoms with E-state index in [1.54, 1.807) is 38.5 Å². The van der Waals surface area contributed by atoms with Crippen molar-refractivity contribution >= 4 is 42.4 Å². The zero-order valence-corrected chi connectivity index (χ0v) is 20.4. The average Bonchev–Trinajstić information content (AvgIpc) is 3.18. The summed E-state index contributed by atoms with van der Waals surface area (Å²) in [6.45, 7) is 2.71. The second-order valence-corrected chi connectivity index (χ2v) is 10.5. The first kappa shape index (κ1) is 24.0. The van der Waals surface area contributed by atoms with Crippen LogP contribution in [0.5, 0.6) is 11.5 Å². The number of hydrogen-bond donors (Lipinski definition) is 0. The van der Waals surface area contributed by atoms with Crippen LogP contribution in [0.3, 0.4) is 0 Å². The summed E-state index contributed by atoms with van der Waals surface area (Å²) in [5, 5.41) is 0.397. The molecule has 32 heavy (non-hydrogen) atoms. The highest BCUT2D eigenvalue weighted by molar-refractivity contribution is 7.92. The fourth-order valence-corrected chi connectivity index (χ4v) is 5.40. The summed E-state index contributed by atoms with van der Waals surface area (Å²) in [5.74, 6) is -0.0231. The maximum absolute atomic E-state index is 13.2. The lowest BCUT2D eigenvalue weighted by Gasteiger charge is -2.22. The Bertz CT molecular complexity index is 1160. The maximum Gasteiger partial charge on any atom is 0.244 e. The molecule has 0 saturated carbocycles. The molecule has 0 aliphatic heterocycles. The zero-order chi connectivity index (χ0) is 23.5. The van der Waals surface area contributed by atoms with Crippen LogP contribution >= 0.6 is 11.3 Å². The van der Waals surface area contributed by atoms with E-state index in [0.717, 1.165) is 10.3 Å². The van der Waals surface area contributed by atoms with Crippen LogP contribution in [0.1, 0.15) is 5.56 Å². The maximum atomic E-state index is 13.2. The Labute approximate surface area is 192 Å². The minimum Gasteiger partial charge on any atom is -0.495 e. The number of thiazole rings is 1. The molecule has 0 spiro atoms. The third-order valence-corrected chi connectivity index (χ3v) is 7.61. The molecule has 1 heterocycles. The van der Waals surface area contributed by atoms with Gasteiger partial charge < -0.3 is 14.4 Å². The quantitative estimate of drug-likeness (QED) is 0.468. The Morgan fingerprint density at radius 1 is 1.00 bits per heavy atom. The van der Waals surface area contributed by atoms with Crippen molar-refractivity contribution in [2.75, 3.05) is 52.1 Å². The van der Waals surface area contributed by atoms with Crippen molar-refractivity contribution in [2.24, 2.45) is 0 Å². The summed E-state index contributed by atoms with van der Waals surface area (Å²) in [6.07, 6.45) is 0. The number of rotatable bonds is 9. The molecule has 0 N–H and O–H groups in total. The predicted molar refractivity (Wildman–Crippen MR) is 127 cm³/mol. The van der Waals surface area contributed by atoms with Crippen LogP contribution < -0.4 is 14.4 Å². The van der Waals surface area contributed by atoms with E-state index in [4.69, 9.17) is 9.47 Å². The molecule has 0 aliphatic carbocycles. The van der Waals surface area contributed by atoms with Gasteiger partial charge in [0.15, 0.2) is 15.0 Å². The molecule has 10 heteroatoms. The van der Waals surface area contributed by atoms with Crippen molar-refractivity contribution in [1.82, 2.24) is 9.88 Å². The van der Waals surface area contributed by atoms with Crippen LogP contribution in [-0.4, -0.2) is 71.4 Å². The number of benzene rings is 2. The fourth-order valence-electron chi connectivity index (χ4n) is 3.09. The molecule has 1 amide bonds. The minimum atomic E-state index is -3.80. The molecule has 172 valence electrons. The van der Waals surface area contributed by atoms with Gasteiger partial charge in [-0.25, -0.2) is 13.4 Å². The Balaban J connectivity index is 1.99. The van der Waals surface area contributed by atoms with Crippen LogP contribution in [0.4, 0.5) is 5.13 Å². The first-order valence-corrected chi connectivity index (χ1v) is 12.4. The number of carbonyl (C=O) groups excluding carboxylic acids is 1. The van der Waals surface area contributed by atoms with Gasteiger partial charge in [-0.15, -0.1) is 0 Å². The molecule has 0 bridgehead atoms. The van der Waals surface area contributed by atoms with Gasteiger partial charge >= 0.3 is 0 Å². The largest absolute Gasteiger partial charge is 0.495 e. The van der Waals surface area contributed by atoms with Crippen molar-refractivity contribution in [3.05, 3.63) is 42.0 Å². The lowest BCUT2D eigenvalue weighted by Crippen LogP contribution is -2.40. The topological polar surface area (TPSA) is 89.0 Å². The van der Waals surface area contributed by atoms with Crippen LogP contribution in [0.2, 0.25) is 0 Å². The van der Waals surface area contributed by atoms with Gasteiger partial charge in [0.2, 0.25) is 5.91 Å². The number of aromatic nitrogens is 1. The van der Waals surface area contributed by atoms with Gasteiger partial charge in [0.25, 0.3) is 0 Å². The van der Waals surface area contributed by atoms with Gasteiger partial charge in [-0.1, -0.05) is 29.0 Å². The first-order chi connectivity index (χ1) is 15.2.